The molecule has 4 nitrogen and oxygen atoms in total. The first kappa shape index (κ1) is 22.4. The number of benzene rings is 1. The first-order valence-corrected chi connectivity index (χ1v) is 10.9. The lowest BCUT2D eigenvalue weighted by Gasteiger charge is -2.33. The smallest absolute Gasteiger partial charge is 0.222 e. The maximum atomic E-state index is 15.9. The lowest BCUT2D eigenvalue weighted by Crippen LogP contribution is -2.30. The SMILES string of the molecule is Cc1cc(-c2ccc(C3CC(C)OC(C)C3)c(F)c2CNC(=O)C(C)C)cc(C)n1. The minimum atomic E-state index is -0.213. The van der Waals surface area contributed by atoms with Crippen molar-refractivity contribution in [3.63, 3.8) is 0 Å². The van der Waals surface area contributed by atoms with Gasteiger partial charge in [0.2, 0.25) is 5.91 Å². The van der Waals surface area contributed by atoms with Crippen LogP contribution in [0.2, 0.25) is 0 Å². The van der Waals surface area contributed by atoms with Crippen molar-refractivity contribution < 1.29 is 13.9 Å². The zero-order valence-corrected chi connectivity index (χ0v) is 18.9. The van der Waals surface area contributed by atoms with E-state index in [9.17, 15) is 4.79 Å². The van der Waals surface area contributed by atoms with Crippen LogP contribution in [0.5, 0.6) is 0 Å². The van der Waals surface area contributed by atoms with Gasteiger partial charge in [-0.05, 0) is 75.3 Å². The maximum absolute atomic E-state index is 15.9. The molecule has 3 rings (SSSR count). The molecule has 1 saturated heterocycles. The summed E-state index contributed by atoms with van der Waals surface area (Å²) in [5, 5.41) is 2.91. The van der Waals surface area contributed by atoms with Gasteiger partial charge in [0.25, 0.3) is 0 Å². The molecule has 1 aliphatic rings. The fourth-order valence-corrected chi connectivity index (χ4v) is 4.43. The number of aryl methyl sites for hydroxylation is 2. The molecule has 1 fully saturated rings. The number of rotatable bonds is 5. The zero-order chi connectivity index (χ0) is 22.0. The number of halogens is 1. The second-order valence-corrected chi connectivity index (χ2v) is 8.93. The van der Waals surface area contributed by atoms with E-state index >= 15 is 4.39 Å². The van der Waals surface area contributed by atoms with Gasteiger partial charge in [-0.3, -0.25) is 9.78 Å². The van der Waals surface area contributed by atoms with Gasteiger partial charge in [-0.25, -0.2) is 4.39 Å². The first-order valence-electron chi connectivity index (χ1n) is 10.9. The number of hydrogen-bond acceptors (Lipinski definition) is 3. The molecular formula is C25H33FN2O2. The van der Waals surface area contributed by atoms with Crippen molar-refractivity contribution in [2.75, 3.05) is 0 Å². The molecule has 1 aromatic carbocycles. The average molecular weight is 413 g/mol. The van der Waals surface area contributed by atoms with Crippen LogP contribution < -0.4 is 5.32 Å². The summed E-state index contributed by atoms with van der Waals surface area (Å²) in [6.45, 7) is 11.8. The second-order valence-electron chi connectivity index (χ2n) is 8.93. The van der Waals surface area contributed by atoms with Gasteiger partial charge in [0.15, 0.2) is 0 Å². The highest BCUT2D eigenvalue weighted by Crippen LogP contribution is 2.38. The Morgan fingerprint density at radius 2 is 1.77 bits per heavy atom. The van der Waals surface area contributed by atoms with E-state index in [1.807, 2.05) is 65.8 Å². The van der Waals surface area contributed by atoms with Crippen molar-refractivity contribution in [1.82, 2.24) is 10.3 Å². The predicted molar refractivity (Wildman–Crippen MR) is 118 cm³/mol. The molecule has 0 spiro atoms. The quantitative estimate of drug-likeness (QED) is 0.711. The van der Waals surface area contributed by atoms with Gasteiger partial charge in [-0.15, -0.1) is 0 Å². The molecule has 162 valence electrons. The number of carbonyl (C=O) groups is 1. The molecule has 2 aromatic rings. The number of hydrogen-bond donors (Lipinski definition) is 1. The van der Waals surface area contributed by atoms with Gasteiger partial charge < -0.3 is 10.1 Å². The monoisotopic (exact) mass is 412 g/mol. The molecule has 2 atom stereocenters. The van der Waals surface area contributed by atoms with Crippen molar-refractivity contribution in [2.45, 2.75) is 79.1 Å². The van der Waals surface area contributed by atoms with Crippen LogP contribution in [0.4, 0.5) is 4.39 Å². The second kappa shape index (κ2) is 9.25. The van der Waals surface area contributed by atoms with Crippen molar-refractivity contribution >= 4 is 5.91 Å². The number of nitrogens with one attached hydrogen (secondary N) is 1. The van der Waals surface area contributed by atoms with Crippen LogP contribution in [0.3, 0.4) is 0 Å². The number of aromatic nitrogens is 1. The molecule has 2 heterocycles. The van der Waals surface area contributed by atoms with E-state index in [-0.39, 0.29) is 42.3 Å². The third-order valence-electron chi connectivity index (χ3n) is 5.77. The summed E-state index contributed by atoms with van der Waals surface area (Å²) in [6.07, 6.45) is 1.80. The summed E-state index contributed by atoms with van der Waals surface area (Å²) >= 11 is 0. The fourth-order valence-electron chi connectivity index (χ4n) is 4.43. The molecule has 1 aromatic heterocycles. The number of pyridine rings is 1. The van der Waals surface area contributed by atoms with Crippen molar-refractivity contribution in [1.29, 1.82) is 0 Å². The normalized spacial score (nSPS) is 21.7. The Morgan fingerprint density at radius 3 is 2.33 bits per heavy atom. The molecule has 5 heteroatoms. The topological polar surface area (TPSA) is 51.2 Å². The minimum absolute atomic E-state index is 0.0823. The largest absolute Gasteiger partial charge is 0.376 e. The molecular weight excluding hydrogens is 379 g/mol. The van der Waals surface area contributed by atoms with Crippen LogP contribution in [0, 0.1) is 25.6 Å². The van der Waals surface area contributed by atoms with E-state index in [4.69, 9.17) is 4.74 Å². The van der Waals surface area contributed by atoms with Crippen LogP contribution in [0.25, 0.3) is 11.1 Å². The highest BCUT2D eigenvalue weighted by molar-refractivity contribution is 5.78. The van der Waals surface area contributed by atoms with Crippen LogP contribution in [0.1, 0.15) is 69.0 Å². The van der Waals surface area contributed by atoms with Crippen LogP contribution >= 0.6 is 0 Å². The Labute approximate surface area is 179 Å². The first-order chi connectivity index (χ1) is 14.2. The molecule has 0 aliphatic carbocycles. The lowest BCUT2D eigenvalue weighted by molar-refractivity contribution is -0.124. The zero-order valence-electron chi connectivity index (χ0n) is 18.9. The summed E-state index contributed by atoms with van der Waals surface area (Å²) in [5.74, 6) is -0.336. The number of carbonyl (C=O) groups excluding carboxylic acids is 1. The Hall–Kier alpha value is -2.27. The van der Waals surface area contributed by atoms with E-state index in [0.29, 0.717) is 5.56 Å². The molecule has 30 heavy (non-hydrogen) atoms. The van der Waals surface area contributed by atoms with E-state index in [1.165, 1.54) is 0 Å². The molecule has 2 unspecified atom stereocenters. The average Bonchev–Trinajstić information content (AvgIpc) is 2.64. The third-order valence-corrected chi connectivity index (χ3v) is 5.77. The molecule has 0 saturated carbocycles. The van der Waals surface area contributed by atoms with E-state index in [2.05, 4.69) is 10.3 Å². The Kier molecular flexibility index (Phi) is 6.91. The Morgan fingerprint density at radius 1 is 1.17 bits per heavy atom. The highest BCUT2D eigenvalue weighted by Gasteiger charge is 2.29. The summed E-state index contributed by atoms with van der Waals surface area (Å²) in [5.41, 5.74) is 4.77. The molecule has 1 aliphatic heterocycles. The predicted octanol–water partition coefficient (Wildman–Crippen LogP) is 5.45. The lowest BCUT2D eigenvalue weighted by atomic mass is 9.83. The van der Waals surface area contributed by atoms with Crippen molar-refractivity contribution in [3.05, 3.63) is 52.6 Å². The molecule has 1 amide bonds. The fraction of sp³-hybridized carbons (Fsp3) is 0.520. The number of amides is 1. The Bertz CT molecular complexity index is 895. The van der Waals surface area contributed by atoms with Gasteiger partial charge in [-0.1, -0.05) is 26.0 Å². The number of nitrogens with zero attached hydrogens (tertiary/aromatic N) is 1. The van der Waals surface area contributed by atoms with E-state index in [0.717, 1.165) is 40.9 Å². The van der Waals surface area contributed by atoms with Crippen molar-refractivity contribution in [3.8, 4) is 11.1 Å². The van der Waals surface area contributed by atoms with Gasteiger partial charge in [0.05, 0.1) is 12.2 Å². The van der Waals surface area contributed by atoms with Crippen molar-refractivity contribution in [2.24, 2.45) is 5.92 Å². The molecule has 1 N–H and O–H groups in total. The standard InChI is InChI=1S/C25H33FN2O2/c1-14(2)25(29)27-13-23-21(19-9-15(3)28-16(4)10-19)7-8-22(24(23)26)20-11-17(5)30-18(6)12-20/h7-10,14,17-18,20H,11-13H2,1-6H3,(H,27,29). The van der Waals surface area contributed by atoms with Crippen LogP contribution in [-0.2, 0) is 16.1 Å². The summed E-state index contributed by atoms with van der Waals surface area (Å²) in [7, 11) is 0. The molecule has 0 radical (unpaired) electrons. The van der Waals surface area contributed by atoms with Gasteiger partial charge in [0, 0.05) is 29.4 Å². The maximum Gasteiger partial charge on any atom is 0.222 e. The third kappa shape index (κ3) is 5.07. The highest BCUT2D eigenvalue weighted by atomic mass is 19.1. The summed E-state index contributed by atoms with van der Waals surface area (Å²) in [6, 6.07) is 7.84. The van der Waals surface area contributed by atoms with Crippen LogP contribution in [-0.4, -0.2) is 23.1 Å². The van der Waals surface area contributed by atoms with E-state index < -0.39 is 0 Å². The number of ether oxygens (including phenoxy) is 1. The van der Waals surface area contributed by atoms with Crippen LogP contribution in [0.15, 0.2) is 24.3 Å². The van der Waals surface area contributed by atoms with E-state index in [1.54, 1.807) is 0 Å². The van der Waals surface area contributed by atoms with Gasteiger partial charge >= 0.3 is 0 Å². The molecule has 0 bridgehead atoms. The summed E-state index contributed by atoms with van der Waals surface area (Å²) in [4.78, 5) is 16.6. The van der Waals surface area contributed by atoms with Gasteiger partial charge in [0.1, 0.15) is 5.82 Å². The summed E-state index contributed by atoms with van der Waals surface area (Å²) < 4.78 is 21.7. The Balaban J connectivity index is 2.05. The van der Waals surface area contributed by atoms with Gasteiger partial charge in [-0.2, -0.15) is 0 Å². The minimum Gasteiger partial charge on any atom is -0.376 e.